The maximum Gasteiger partial charge on any atom is 0.125 e. The molecule has 2 aromatic heterocycles. The molecule has 18 heavy (non-hydrogen) atoms. The molecule has 3 heteroatoms. The van der Waals surface area contributed by atoms with Crippen molar-refractivity contribution in [1.29, 1.82) is 0 Å². The Morgan fingerprint density at radius 3 is 2.22 bits per heavy atom. The van der Waals surface area contributed by atoms with Gasteiger partial charge < -0.3 is 0 Å². The van der Waals surface area contributed by atoms with Gasteiger partial charge >= 0.3 is 0 Å². The van der Waals surface area contributed by atoms with E-state index in [2.05, 4.69) is 27.1 Å². The van der Waals surface area contributed by atoms with Crippen LogP contribution in [0.1, 0.15) is 11.5 Å². The van der Waals surface area contributed by atoms with Gasteiger partial charge in [-0.25, -0.2) is 9.97 Å². The van der Waals surface area contributed by atoms with Gasteiger partial charge in [-0.15, -0.1) is 0 Å². The Hall–Kier alpha value is -2.29. The number of para-hydroxylation sites is 1. The van der Waals surface area contributed by atoms with Crippen LogP contribution in [0.5, 0.6) is 0 Å². The summed E-state index contributed by atoms with van der Waals surface area (Å²) >= 11 is 0. The highest BCUT2D eigenvalue weighted by atomic mass is 14.9. The molecule has 3 nitrogen and oxygen atoms in total. The zero-order chi connectivity index (χ0) is 12.8. The van der Waals surface area contributed by atoms with Gasteiger partial charge in [-0.05, 0) is 32.0 Å². The monoisotopic (exact) mass is 237 g/mol. The van der Waals surface area contributed by atoms with E-state index < -0.39 is 0 Å². The molecule has 0 saturated heterocycles. The van der Waals surface area contributed by atoms with E-state index in [1.165, 1.54) is 5.39 Å². The van der Waals surface area contributed by atoms with Gasteiger partial charge in [0.25, 0.3) is 0 Å². The number of pyridine rings is 1. The number of aryl methyl sites for hydroxylation is 2. The summed E-state index contributed by atoms with van der Waals surface area (Å²) in [6, 6.07) is 14.0. The fourth-order valence-corrected chi connectivity index (χ4v) is 1.59. The number of aromatic nitrogens is 3. The molecule has 0 amide bonds. The highest BCUT2D eigenvalue weighted by molar-refractivity contribution is 5.77. The Bertz CT molecular complexity index is 552. The summed E-state index contributed by atoms with van der Waals surface area (Å²) in [5.41, 5.74) is 2.09. The molecule has 1 aromatic carbocycles. The number of rotatable bonds is 0. The van der Waals surface area contributed by atoms with Crippen LogP contribution < -0.4 is 0 Å². The molecule has 0 atom stereocenters. The number of benzene rings is 1. The van der Waals surface area contributed by atoms with E-state index in [0.717, 1.165) is 17.0 Å². The molecule has 0 spiro atoms. The normalized spacial score (nSPS) is 9.67. The number of hydrogen-bond acceptors (Lipinski definition) is 3. The Kier molecular flexibility index (Phi) is 3.97. The molecular weight excluding hydrogens is 222 g/mol. The van der Waals surface area contributed by atoms with Crippen molar-refractivity contribution in [2.45, 2.75) is 13.8 Å². The van der Waals surface area contributed by atoms with Crippen molar-refractivity contribution in [2.75, 3.05) is 0 Å². The van der Waals surface area contributed by atoms with Crippen molar-refractivity contribution in [2.24, 2.45) is 0 Å². The van der Waals surface area contributed by atoms with Gasteiger partial charge in [0.2, 0.25) is 0 Å². The van der Waals surface area contributed by atoms with Gasteiger partial charge in [0.15, 0.2) is 0 Å². The molecule has 0 aliphatic carbocycles. The molecule has 2 heterocycles. The first-order valence-corrected chi connectivity index (χ1v) is 5.82. The van der Waals surface area contributed by atoms with Crippen molar-refractivity contribution in [3.63, 3.8) is 0 Å². The van der Waals surface area contributed by atoms with Crippen LogP contribution in [-0.4, -0.2) is 15.0 Å². The third kappa shape index (κ3) is 3.35. The van der Waals surface area contributed by atoms with E-state index in [9.17, 15) is 0 Å². The fraction of sp³-hybridized carbons (Fsp3) is 0.133. The van der Waals surface area contributed by atoms with Crippen molar-refractivity contribution in [3.8, 4) is 0 Å². The third-order valence-electron chi connectivity index (χ3n) is 2.43. The summed E-state index contributed by atoms with van der Waals surface area (Å²) in [4.78, 5) is 12.2. The predicted octanol–water partition coefficient (Wildman–Crippen LogP) is 3.33. The minimum atomic E-state index is 0.838. The van der Waals surface area contributed by atoms with Crippen molar-refractivity contribution in [1.82, 2.24) is 15.0 Å². The first kappa shape index (κ1) is 12.2. The van der Waals surface area contributed by atoms with E-state index in [1.54, 1.807) is 6.20 Å². The minimum Gasteiger partial charge on any atom is -0.256 e. The summed E-state index contributed by atoms with van der Waals surface area (Å²) in [6.45, 7) is 3.84. The second-order valence-corrected chi connectivity index (χ2v) is 3.94. The van der Waals surface area contributed by atoms with Crippen LogP contribution in [0.15, 0.2) is 54.9 Å². The Morgan fingerprint density at radius 1 is 0.778 bits per heavy atom. The molecule has 0 aliphatic rings. The lowest BCUT2D eigenvalue weighted by Gasteiger charge is -1.91. The SMILES string of the molecule is Cc1ccnc(C)n1.c1ccc2ncccc2c1. The molecule has 0 saturated carbocycles. The molecule has 0 fully saturated rings. The van der Waals surface area contributed by atoms with Crippen LogP contribution in [-0.2, 0) is 0 Å². The lowest BCUT2D eigenvalue weighted by Crippen LogP contribution is -1.86. The molecule has 0 N–H and O–H groups in total. The van der Waals surface area contributed by atoms with Crippen LogP contribution >= 0.6 is 0 Å². The van der Waals surface area contributed by atoms with Crippen molar-refractivity contribution < 1.29 is 0 Å². The number of hydrogen-bond donors (Lipinski definition) is 0. The maximum atomic E-state index is 4.18. The molecule has 0 bridgehead atoms. The van der Waals surface area contributed by atoms with E-state index in [0.29, 0.717) is 0 Å². The van der Waals surface area contributed by atoms with Crippen LogP contribution in [0, 0.1) is 13.8 Å². The van der Waals surface area contributed by atoms with Crippen molar-refractivity contribution >= 4 is 10.9 Å². The number of fused-ring (bicyclic) bond motifs is 1. The molecule has 3 aromatic rings. The molecule has 90 valence electrons. The highest BCUT2D eigenvalue weighted by Crippen LogP contribution is 2.07. The van der Waals surface area contributed by atoms with E-state index in [4.69, 9.17) is 0 Å². The summed E-state index contributed by atoms with van der Waals surface area (Å²) in [6.07, 6.45) is 3.57. The Labute approximate surface area is 107 Å². The first-order chi connectivity index (χ1) is 8.75. The van der Waals surface area contributed by atoms with E-state index in [1.807, 2.05) is 50.4 Å². The highest BCUT2D eigenvalue weighted by Gasteiger charge is 1.86. The van der Waals surface area contributed by atoms with Gasteiger partial charge in [0, 0.05) is 23.5 Å². The van der Waals surface area contributed by atoms with Gasteiger partial charge in [0.1, 0.15) is 5.82 Å². The zero-order valence-corrected chi connectivity index (χ0v) is 10.5. The zero-order valence-electron chi connectivity index (χ0n) is 10.5. The fourth-order valence-electron chi connectivity index (χ4n) is 1.59. The van der Waals surface area contributed by atoms with Gasteiger partial charge in [-0.2, -0.15) is 0 Å². The van der Waals surface area contributed by atoms with Gasteiger partial charge in [0.05, 0.1) is 5.52 Å². The maximum absolute atomic E-state index is 4.18. The lowest BCUT2D eigenvalue weighted by atomic mass is 10.2. The summed E-state index contributed by atoms with van der Waals surface area (Å²) < 4.78 is 0. The summed E-state index contributed by atoms with van der Waals surface area (Å²) in [7, 11) is 0. The smallest absolute Gasteiger partial charge is 0.125 e. The molecular formula is C15H15N3. The van der Waals surface area contributed by atoms with Crippen LogP contribution in [0.2, 0.25) is 0 Å². The summed E-state index contributed by atoms with van der Waals surface area (Å²) in [5, 5.41) is 1.20. The average molecular weight is 237 g/mol. The predicted molar refractivity (Wildman–Crippen MR) is 73.2 cm³/mol. The van der Waals surface area contributed by atoms with Gasteiger partial charge in [-0.1, -0.05) is 24.3 Å². The Balaban J connectivity index is 0.000000138. The quantitative estimate of drug-likeness (QED) is 0.602. The van der Waals surface area contributed by atoms with E-state index >= 15 is 0 Å². The number of nitrogens with zero attached hydrogens (tertiary/aromatic N) is 3. The third-order valence-corrected chi connectivity index (χ3v) is 2.43. The van der Waals surface area contributed by atoms with Crippen LogP contribution in [0.3, 0.4) is 0 Å². The molecule has 0 aliphatic heterocycles. The topological polar surface area (TPSA) is 38.7 Å². The molecule has 0 unspecified atom stereocenters. The average Bonchev–Trinajstić information content (AvgIpc) is 2.39. The molecule has 3 rings (SSSR count). The van der Waals surface area contributed by atoms with Gasteiger partial charge in [-0.3, -0.25) is 4.98 Å². The first-order valence-electron chi connectivity index (χ1n) is 5.82. The minimum absolute atomic E-state index is 0.838. The van der Waals surface area contributed by atoms with Crippen LogP contribution in [0.25, 0.3) is 10.9 Å². The van der Waals surface area contributed by atoms with Crippen molar-refractivity contribution in [3.05, 3.63) is 66.4 Å². The van der Waals surface area contributed by atoms with Crippen LogP contribution in [0.4, 0.5) is 0 Å². The molecule has 0 radical (unpaired) electrons. The summed E-state index contributed by atoms with van der Waals surface area (Å²) in [5.74, 6) is 0.838. The largest absolute Gasteiger partial charge is 0.256 e. The second kappa shape index (κ2) is 5.87. The lowest BCUT2D eigenvalue weighted by molar-refractivity contribution is 1.01. The Morgan fingerprint density at radius 2 is 1.56 bits per heavy atom. The van der Waals surface area contributed by atoms with E-state index in [-0.39, 0.29) is 0 Å². The second-order valence-electron chi connectivity index (χ2n) is 3.94. The standard InChI is InChI=1S/C9H7N.C6H8N2/c1-2-6-9-8(4-1)5-3-7-10-9;1-5-3-4-7-6(2)8-5/h1-7H;3-4H,1-2H3.